The van der Waals surface area contributed by atoms with Crippen LogP contribution in [0.25, 0.3) is 11.1 Å². The molecule has 1 heterocycles. The number of rotatable bonds is 4. The molecule has 1 aliphatic heterocycles. The first-order chi connectivity index (χ1) is 11.9. The molecule has 0 bridgehead atoms. The predicted molar refractivity (Wildman–Crippen MR) is 94.4 cm³/mol. The molecule has 7 heteroatoms. The Labute approximate surface area is 146 Å². The lowest BCUT2D eigenvalue weighted by molar-refractivity contribution is 0.0677. The van der Waals surface area contributed by atoms with E-state index in [-0.39, 0.29) is 23.5 Å². The smallest absolute Gasteiger partial charge is 0.254 e. The van der Waals surface area contributed by atoms with E-state index in [0.29, 0.717) is 23.2 Å². The number of benzene rings is 2. The van der Waals surface area contributed by atoms with Crippen molar-refractivity contribution in [3.8, 4) is 11.1 Å². The molecule has 0 spiro atoms. The van der Waals surface area contributed by atoms with Gasteiger partial charge in [0.25, 0.3) is 5.91 Å². The average molecular weight is 360 g/mol. The van der Waals surface area contributed by atoms with Gasteiger partial charge in [-0.3, -0.25) is 4.79 Å². The summed E-state index contributed by atoms with van der Waals surface area (Å²) in [6.45, 7) is 0.557. The van der Waals surface area contributed by atoms with E-state index in [1.165, 1.54) is 6.07 Å². The van der Waals surface area contributed by atoms with Crippen molar-refractivity contribution in [1.29, 1.82) is 0 Å². The summed E-state index contributed by atoms with van der Waals surface area (Å²) in [4.78, 5) is 14.4. The van der Waals surface area contributed by atoms with Crippen molar-refractivity contribution in [1.82, 2.24) is 4.90 Å². The minimum absolute atomic E-state index is 0.0222. The van der Waals surface area contributed by atoms with E-state index in [2.05, 4.69) is 0 Å². The van der Waals surface area contributed by atoms with E-state index >= 15 is 0 Å². The summed E-state index contributed by atoms with van der Waals surface area (Å²) in [5.41, 5.74) is 1.53. The number of likely N-dealkylation sites (tertiary alicyclic amines) is 1. The zero-order valence-electron chi connectivity index (χ0n) is 13.6. The van der Waals surface area contributed by atoms with Crippen molar-refractivity contribution >= 4 is 15.9 Å². The molecule has 1 saturated heterocycles. The lowest BCUT2D eigenvalue weighted by Gasteiger charge is -2.23. The van der Waals surface area contributed by atoms with Crippen LogP contribution in [0.15, 0.2) is 53.4 Å². The average Bonchev–Trinajstić information content (AvgIpc) is 3.09. The first-order valence-corrected chi connectivity index (χ1v) is 9.60. The Hall–Kier alpha value is -2.22. The molecular weight excluding hydrogens is 340 g/mol. The largest absolute Gasteiger partial charge is 0.394 e. The molecule has 0 saturated carbocycles. The first kappa shape index (κ1) is 17.6. The van der Waals surface area contributed by atoms with Crippen LogP contribution in [-0.4, -0.2) is 43.5 Å². The molecule has 1 aliphatic rings. The van der Waals surface area contributed by atoms with Gasteiger partial charge in [-0.1, -0.05) is 30.3 Å². The number of aliphatic hydroxyl groups is 1. The summed E-state index contributed by atoms with van der Waals surface area (Å²) in [6.07, 6.45) is 1.65. The van der Waals surface area contributed by atoms with Crippen molar-refractivity contribution in [2.24, 2.45) is 5.14 Å². The van der Waals surface area contributed by atoms with Crippen LogP contribution < -0.4 is 5.14 Å². The Balaban J connectivity index is 2.00. The summed E-state index contributed by atoms with van der Waals surface area (Å²) < 4.78 is 23.6. The van der Waals surface area contributed by atoms with Gasteiger partial charge in [-0.25, -0.2) is 13.6 Å². The van der Waals surface area contributed by atoms with Crippen LogP contribution >= 0.6 is 0 Å². The quantitative estimate of drug-likeness (QED) is 0.865. The fourth-order valence-electron chi connectivity index (χ4n) is 3.23. The molecule has 2 aromatic carbocycles. The maximum atomic E-state index is 12.8. The number of nitrogens with two attached hydrogens (primary N) is 1. The molecule has 3 rings (SSSR count). The van der Waals surface area contributed by atoms with Crippen molar-refractivity contribution in [2.75, 3.05) is 13.2 Å². The monoisotopic (exact) mass is 360 g/mol. The summed E-state index contributed by atoms with van der Waals surface area (Å²) in [7, 11) is -3.87. The molecule has 132 valence electrons. The first-order valence-electron chi connectivity index (χ1n) is 8.06. The predicted octanol–water partition coefficient (Wildman–Crippen LogP) is 1.60. The second kappa shape index (κ2) is 6.95. The Morgan fingerprint density at radius 1 is 1.20 bits per heavy atom. The normalized spacial score (nSPS) is 17.7. The lowest BCUT2D eigenvalue weighted by atomic mass is 10.0. The Morgan fingerprint density at radius 2 is 1.96 bits per heavy atom. The Bertz CT molecular complexity index is 895. The van der Waals surface area contributed by atoms with Gasteiger partial charge in [0.1, 0.15) is 0 Å². The number of hydrogen-bond donors (Lipinski definition) is 2. The van der Waals surface area contributed by atoms with Gasteiger partial charge in [0.15, 0.2) is 0 Å². The third kappa shape index (κ3) is 3.58. The molecule has 0 aromatic heterocycles. The number of hydrogen-bond acceptors (Lipinski definition) is 4. The fourth-order valence-corrected chi connectivity index (χ4v) is 3.99. The van der Waals surface area contributed by atoms with Crippen LogP contribution in [-0.2, 0) is 10.0 Å². The lowest BCUT2D eigenvalue weighted by Crippen LogP contribution is -2.37. The van der Waals surface area contributed by atoms with E-state index in [1.54, 1.807) is 47.4 Å². The van der Waals surface area contributed by atoms with Gasteiger partial charge in [0.05, 0.1) is 17.5 Å². The number of carbonyl (C=O) groups excluding carboxylic acids is 1. The van der Waals surface area contributed by atoms with Crippen LogP contribution in [0.3, 0.4) is 0 Å². The molecule has 3 N–H and O–H groups in total. The SMILES string of the molecule is NS(=O)(=O)c1ccccc1-c1cccc(C(=O)N2CCC[C@H]2CO)c1. The van der Waals surface area contributed by atoms with Crippen LogP contribution in [0.4, 0.5) is 0 Å². The zero-order chi connectivity index (χ0) is 18.0. The molecule has 0 radical (unpaired) electrons. The highest BCUT2D eigenvalue weighted by Crippen LogP contribution is 2.28. The van der Waals surface area contributed by atoms with Crippen molar-refractivity contribution < 1.29 is 18.3 Å². The number of amides is 1. The van der Waals surface area contributed by atoms with Crippen LogP contribution in [0.5, 0.6) is 0 Å². The highest BCUT2D eigenvalue weighted by atomic mass is 32.2. The maximum Gasteiger partial charge on any atom is 0.254 e. The highest BCUT2D eigenvalue weighted by molar-refractivity contribution is 7.89. The van der Waals surface area contributed by atoms with Crippen LogP contribution in [0, 0.1) is 0 Å². The van der Waals surface area contributed by atoms with E-state index in [1.807, 2.05) is 0 Å². The molecule has 6 nitrogen and oxygen atoms in total. The standard InChI is InChI=1S/C18H20N2O4S/c19-25(23,24)17-9-2-1-8-16(17)13-5-3-6-14(11-13)18(22)20-10-4-7-15(20)12-21/h1-3,5-6,8-9,11,15,21H,4,7,10,12H2,(H2,19,23,24)/t15-/m0/s1. The summed E-state index contributed by atoms with van der Waals surface area (Å²) >= 11 is 0. The summed E-state index contributed by atoms with van der Waals surface area (Å²) in [6, 6.07) is 13.1. The number of primary sulfonamides is 1. The molecule has 0 unspecified atom stereocenters. The van der Waals surface area contributed by atoms with E-state index in [9.17, 15) is 18.3 Å². The van der Waals surface area contributed by atoms with Gasteiger partial charge in [-0.2, -0.15) is 0 Å². The van der Waals surface area contributed by atoms with Gasteiger partial charge in [-0.05, 0) is 36.6 Å². The molecule has 25 heavy (non-hydrogen) atoms. The van der Waals surface area contributed by atoms with Gasteiger partial charge < -0.3 is 10.0 Å². The Kier molecular flexibility index (Phi) is 4.89. The number of nitrogens with zero attached hydrogens (tertiary/aromatic N) is 1. The van der Waals surface area contributed by atoms with E-state index in [4.69, 9.17) is 5.14 Å². The van der Waals surface area contributed by atoms with Crippen molar-refractivity contribution in [3.63, 3.8) is 0 Å². The van der Waals surface area contributed by atoms with Crippen molar-refractivity contribution in [2.45, 2.75) is 23.8 Å². The van der Waals surface area contributed by atoms with Gasteiger partial charge in [0, 0.05) is 17.7 Å². The molecular formula is C18H20N2O4S. The molecule has 1 fully saturated rings. The zero-order valence-corrected chi connectivity index (χ0v) is 14.4. The van der Waals surface area contributed by atoms with Crippen molar-refractivity contribution in [3.05, 3.63) is 54.1 Å². The molecule has 1 amide bonds. The topological polar surface area (TPSA) is 101 Å². The summed E-state index contributed by atoms with van der Waals surface area (Å²) in [5.74, 6) is -0.161. The second-order valence-electron chi connectivity index (χ2n) is 6.10. The third-order valence-corrected chi connectivity index (χ3v) is 5.43. The number of aliphatic hydroxyl groups excluding tert-OH is 1. The number of sulfonamides is 1. The van der Waals surface area contributed by atoms with Crippen LogP contribution in [0.2, 0.25) is 0 Å². The molecule has 2 aromatic rings. The maximum absolute atomic E-state index is 12.8. The number of carbonyl (C=O) groups is 1. The fraction of sp³-hybridized carbons (Fsp3) is 0.278. The van der Waals surface area contributed by atoms with Gasteiger partial charge in [0.2, 0.25) is 10.0 Å². The summed E-state index contributed by atoms with van der Waals surface area (Å²) in [5, 5.41) is 14.7. The Morgan fingerprint density at radius 3 is 2.68 bits per heavy atom. The van der Waals surface area contributed by atoms with Crippen LogP contribution in [0.1, 0.15) is 23.2 Å². The van der Waals surface area contributed by atoms with E-state index in [0.717, 1.165) is 12.8 Å². The second-order valence-corrected chi connectivity index (χ2v) is 7.63. The third-order valence-electron chi connectivity index (χ3n) is 4.46. The molecule has 0 aliphatic carbocycles. The van der Waals surface area contributed by atoms with E-state index < -0.39 is 10.0 Å². The van der Waals surface area contributed by atoms with Gasteiger partial charge >= 0.3 is 0 Å². The highest BCUT2D eigenvalue weighted by Gasteiger charge is 2.29. The molecule has 1 atom stereocenters. The van der Waals surface area contributed by atoms with Gasteiger partial charge in [-0.15, -0.1) is 0 Å². The minimum Gasteiger partial charge on any atom is -0.394 e. The minimum atomic E-state index is -3.87.